The Morgan fingerprint density at radius 3 is 2.00 bits per heavy atom. The van der Waals surface area contributed by atoms with Crippen molar-refractivity contribution in [2.24, 2.45) is 5.92 Å². The number of alkyl halides is 6. The van der Waals surface area contributed by atoms with Crippen LogP contribution < -0.4 is 0 Å². The number of likely N-dealkylation sites (N-methyl/N-ethyl adjacent to an activating group) is 1. The van der Waals surface area contributed by atoms with Crippen molar-refractivity contribution >= 4 is 11.8 Å². The molecule has 11 nitrogen and oxygen atoms in total. The van der Waals surface area contributed by atoms with E-state index in [0.717, 1.165) is 42.2 Å². The normalized spacial score (nSPS) is 24.1. The number of hydrogen-bond donors (Lipinski definition) is 2. The summed E-state index contributed by atoms with van der Waals surface area (Å²) in [7, 11) is 0. The van der Waals surface area contributed by atoms with E-state index in [1.807, 2.05) is 0 Å². The predicted molar refractivity (Wildman–Crippen MR) is 207 cm³/mol. The number of amides is 2. The lowest BCUT2D eigenvalue weighted by molar-refractivity contribution is -0.173. The molecule has 19 heteroatoms. The van der Waals surface area contributed by atoms with Crippen LogP contribution in [0.1, 0.15) is 104 Å². The maximum atomic E-state index is 15.1. The Bertz CT molecular complexity index is 2340. The first-order valence-corrected chi connectivity index (χ1v) is 21.1. The molecule has 5 aliphatic heterocycles. The zero-order chi connectivity index (χ0) is 43.7. The van der Waals surface area contributed by atoms with E-state index in [-0.39, 0.29) is 87.4 Å². The molecule has 3 saturated heterocycles. The molecule has 0 spiro atoms. The molecular formula is C43H46F8N8O3. The molecule has 3 fully saturated rings. The van der Waals surface area contributed by atoms with Gasteiger partial charge in [-0.15, -0.1) is 0 Å². The average molecular weight is 875 g/mol. The van der Waals surface area contributed by atoms with Crippen molar-refractivity contribution in [3.05, 3.63) is 104 Å². The summed E-state index contributed by atoms with van der Waals surface area (Å²) >= 11 is 0. The minimum Gasteiger partial charge on any atom is -0.374 e. The molecule has 0 radical (unpaired) electrons. The summed E-state index contributed by atoms with van der Waals surface area (Å²) < 4.78 is 121. The van der Waals surface area contributed by atoms with Crippen LogP contribution >= 0.6 is 0 Å². The molecule has 0 saturated carbocycles. The van der Waals surface area contributed by atoms with Crippen LogP contribution in [0.5, 0.6) is 0 Å². The number of ether oxygens (including phenoxy) is 1. The highest BCUT2D eigenvalue weighted by atomic mass is 19.4. The number of hydrogen-bond acceptors (Lipinski definition) is 7. The number of nitrogens with one attached hydrogen (secondary N) is 2. The fourth-order valence-corrected chi connectivity index (χ4v) is 10.5. The summed E-state index contributed by atoms with van der Waals surface area (Å²) in [5.74, 6) is -5.49. The summed E-state index contributed by atoms with van der Waals surface area (Å²) in [5.41, 5.74) is 0.650. The molecule has 4 unspecified atom stereocenters. The SMILES string of the molecule is CCN1CCc2c(C(=O)N3CCC(c4cccc(F)c4C(F)(F)F)C(C4OCC4N4CCc5[nH]nc(C(=O)N6CCC(c7cccc(F)c7C(F)(F)F)CC6)c5C4)C3)n[nH]c2C1. The molecule has 5 aliphatic rings. The van der Waals surface area contributed by atoms with Gasteiger partial charge in [0.1, 0.15) is 11.6 Å². The predicted octanol–water partition coefficient (Wildman–Crippen LogP) is 6.92. The first kappa shape index (κ1) is 42.4. The molecule has 4 atom stereocenters. The maximum absolute atomic E-state index is 15.1. The Hall–Kier alpha value is -4.88. The third-order valence-electron chi connectivity index (χ3n) is 13.8. The molecule has 4 aromatic rings. The standard InChI is InChI=1S/C43H46F8N8O3/c1-2-56-14-11-27-33(21-56)53-54-37(27)41(61)59-17-12-25(26-6-4-8-31(45)36(26)43(49,50)51)28(19-59)39-34(22-62-39)58-18-13-32-29(20-58)38(55-52-32)40(60)57-15-9-23(10-16-57)24-5-3-7-30(44)35(24)42(46,47)48/h3-8,23,25,28,34,39H,2,9-22H2,1H3,(H,52,55)(H,53,54). The minimum absolute atomic E-state index is 0.0474. The van der Waals surface area contributed by atoms with Crippen LogP contribution in [0, 0.1) is 17.6 Å². The quantitative estimate of drug-likeness (QED) is 0.194. The second kappa shape index (κ2) is 16.3. The fourth-order valence-electron chi connectivity index (χ4n) is 10.5. The van der Waals surface area contributed by atoms with Crippen LogP contribution in [-0.2, 0) is 43.0 Å². The van der Waals surface area contributed by atoms with Gasteiger partial charge in [-0.1, -0.05) is 31.2 Å². The Kier molecular flexibility index (Phi) is 11.2. The second-order valence-electron chi connectivity index (χ2n) is 17.0. The zero-order valence-corrected chi connectivity index (χ0v) is 33.9. The van der Waals surface area contributed by atoms with Gasteiger partial charge in [-0.25, -0.2) is 8.78 Å². The number of aromatic nitrogens is 4. The van der Waals surface area contributed by atoms with Crippen molar-refractivity contribution in [1.82, 2.24) is 40.0 Å². The number of H-pyrrole nitrogens is 2. The van der Waals surface area contributed by atoms with E-state index >= 15 is 4.39 Å². The van der Waals surface area contributed by atoms with Crippen LogP contribution in [0.3, 0.4) is 0 Å². The second-order valence-corrected chi connectivity index (χ2v) is 17.0. The van der Waals surface area contributed by atoms with Crippen LogP contribution in [0.15, 0.2) is 36.4 Å². The van der Waals surface area contributed by atoms with Gasteiger partial charge in [0.05, 0.1) is 35.6 Å². The third kappa shape index (κ3) is 7.67. The first-order chi connectivity index (χ1) is 29.6. The minimum atomic E-state index is -4.97. The van der Waals surface area contributed by atoms with Crippen LogP contribution in [0.2, 0.25) is 0 Å². The number of benzene rings is 2. The van der Waals surface area contributed by atoms with Gasteiger partial charge in [0.15, 0.2) is 11.4 Å². The van der Waals surface area contributed by atoms with Crippen molar-refractivity contribution in [1.29, 1.82) is 0 Å². The van der Waals surface area contributed by atoms with Crippen molar-refractivity contribution in [2.45, 2.75) is 88.5 Å². The van der Waals surface area contributed by atoms with Gasteiger partial charge in [-0.05, 0) is 67.3 Å². The smallest absolute Gasteiger partial charge is 0.374 e. The van der Waals surface area contributed by atoms with Gasteiger partial charge in [0, 0.05) is 81.5 Å². The third-order valence-corrected chi connectivity index (χ3v) is 13.8. The maximum Gasteiger partial charge on any atom is 0.419 e. The highest BCUT2D eigenvalue weighted by Gasteiger charge is 2.51. The number of fused-ring (bicyclic) bond motifs is 2. The molecule has 0 bridgehead atoms. The van der Waals surface area contributed by atoms with Gasteiger partial charge in [-0.3, -0.25) is 29.6 Å². The molecular weight excluding hydrogens is 829 g/mol. The van der Waals surface area contributed by atoms with Gasteiger partial charge in [-0.2, -0.15) is 36.5 Å². The lowest BCUT2D eigenvalue weighted by atomic mass is 9.72. The van der Waals surface area contributed by atoms with Gasteiger partial charge in [0.2, 0.25) is 0 Å². The molecule has 2 amide bonds. The zero-order valence-electron chi connectivity index (χ0n) is 33.9. The lowest BCUT2D eigenvalue weighted by Crippen LogP contribution is -2.63. The summed E-state index contributed by atoms with van der Waals surface area (Å²) in [6.07, 6.45) is -8.86. The van der Waals surface area contributed by atoms with E-state index in [0.29, 0.717) is 37.2 Å². The van der Waals surface area contributed by atoms with Crippen molar-refractivity contribution in [2.75, 3.05) is 52.4 Å². The van der Waals surface area contributed by atoms with Crippen molar-refractivity contribution in [3.8, 4) is 0 Å². The largest absolute Gasteiger partial charge is 0.419 e. The van der Waals surface area contributed by atoms with E-state index < -0.39 is 64.9 Å². The molecule has 2 N–H and O–H groups in total. The monoisotopic (exact) mass is 874 g/mol. The van der Waals surface area contributed by atoms with E-state index in [1.54, 1.807) is 9.80 Å². The molecule has 9 rings (SSSR count). The molecule has 332 valence electrons. The number of carbonyl (C=O) groups excluding carboxylic acids is 2. The highest BCUT2D eigenvalue weighted by Crippen LogP contribution is 2.47. The number of halogens is 8. The lowest BCUT2D eigenvalue weighted by Gasteiger charge is -2.52. The fraction of sp³-hybridized carbons (Fsp3) is 0.535. The summed E-state index contributed by atoms with van der Waals surface area (Å²) in [6, 6.07) is 6.39. The van der Waals surface area contributed by atoms with Crippen molar-refractivity contribution < 1.29 is 49.4 Å². The Morgan fingerprint density at radius 2 is 1.35 bits per heavy atom. The number of piperidine rings is 2. The molecule has 2 aromatic carbocycles. The van der Waals surface area contributed by atoms with Gasteiger partial charge < -0.3 is 14.5 Å². The number of likely N-dealkylation sites (tertiary alicyclic amines) is 2. The summed E-state index contributed by atoms with van der Waals surface area (Å²) in [6.45, 7) is 5.73. The summed E-state index contributed by atoms with van der Waals surface area (Å²) in [4.78, 5) is 35.7. The van der Waals surface area contributed by atoms with E-state index in [1.165, 1.54) is 24.3 Å². The van der Waals surface area contributed by atoms with E-state index in [9.17, 15) is 40.3 Å². The van der Waals surface area contributed by atoms with Crippen molar-refractivity contribution in [3.63, 3.8) is 0 Å². The van der Waals surface area contributed by atoms with Crippen LogP contribution in [0.4, 0.5) is 35.1 Å². The van der Waals surface area contributed by atoms with Crippen LogP contribution in [0.25, 0.3) is 0 Å². The number of aromatic amines is 2. The highest BCUT2D eigenvalue weighted by molar-refractivity contribution is 5.94. The van der Waals surface area contributed by atoms with Gasteiger partial charge in [0.25, 0.3) is 11.8 Å². The molecule has 62 heavy (non-hydrogen) atoms. The van der Waals surface area contributed by atoms with E-state index in [2.05, 4.69) is 37.1 Å². The first-order valence-electron chi connectivity index (χ1n) is 21.1. The number of carbonyl (C=O) groups is 2. The topological polar surface area (TPSA) is 114 Å². The van der Waals surface area contributed by atoms with Gasteiger partial charge >= 0.3 is 12.4 Å². The molecule has 0 aliphatic carbocycles. The number of nitrogens with zero attached hydrogens (tertiary/aromatic N) is 6. The number of rotatable bonds is 7. The Labute approximate surface area is 351 Å². The summed E-state index contributed by atoms with van der Waals surface area (Å²) in [5, 5.41) is 14.8. The Morgan fingerprint density at radius 1 is 0.742 bits per heavy atom. The molecule has 2 aromatic heterocycles. The molecule has 7 heterocycles. The van der Waals surface area contributed by atoms with Crippen LogP contribution in [-0.4, -0.2) is 116 Å². The average Bonchev–Trinajstić information content (AvgIpc) is 3.86. The Balaban J connectivity index is 0.942. The van der Waals surface area contributed by atoms with E-state index in [4.69, 9.17) is 4.74 Å².